The summed E-state index contributed by atoms with van der Waals surface area (Å²) in [4.78, 5) is 11.7. The molecule has 0 radical (unpaired) electrons. The van der Waals surface area contributed by atoms with Crippen molar-refractivity contribution in [3.05, 3.63) is 29.8 Å². The molecule has 1 unspecified atom stereocenters. The summed E-state index contributed by atoms with van der Waals surface area (Å²) in [5.74, 6) is 0. The quantitative estimate of drug-likeness (QED) is 0.413. The Labute approximate surface area is 77.2 Å². The Kier molecular flexibility index (Phi) is 3.28. The normalized spacial score (nSPS) is 9.00. The van der Waals surface area contributed by atoms with Crippen LogP contribution < -0.4 is 0 Å². The zero-order valence-corrected chi connectivity index (χ0v) is 8.12. The standard InChI is InChI=1S/C8H6NOPS/c9-5-12-7-3-1-6(2-4-7)8(10)11/h1-4H,11H2. The molecule has 0 saturated heterocycles. The molecule has 0 heterocycles. The van der Waals surface area contributed by atoms with Crippen molar-refractivity contribution in [2.45, 2.75) is 4.90 Å². The van der Waals surface area contributed by atoms with Crippen molar-refractivity contribution in [2.75, 3.05) is 0 Å². The van der Waals surface area contributed by atoms with E-state index in [0.29, 0.717) is 5.56 Å². The Morgan fingerprint density at radius 3 is 2.42 bits per heavy atom. The fraction of sp³-hybridized carbons (Fsp3) is 0. The third-order valence-electron chi connectivity index (χ3n) is 1.30. The first-order chi connectivity index (χ1) is 5.74. The Morgan fingerprint density at radius 2 is 2.00 bits per heavy atom. The summed E-state index contributed by atoms with van der Waals surface area (Å²) in [5, 5.41) is 10.3. The lowest BCUT2D eigenvalue weighted by molar-refractivity contribution is 0.108. The Morgan fingerprint density at radius 1 is 1.42 bits per heavy atom. The van der Waals surface area contributed by atoms with E-state index in [2.05, 4.69) is 9.24 Å². The molecule has 1 aromatic carbocycles. The highest BCUT2D eigenvalue weighted by molar-refractivity contribution is 8.03. The van der Waals surface area contributed by atoms with E-state index in [-0.39, 0.29) is 5.52 Å². The van der Waals surface area contributed by atoms with Gasteiger partial charge >= 0.3 is 0 Å². The average molecular weight is 195 g/mol. The monoisotopic (exact) mass is 195 g/mol. The van der Waals surface area contributed by atoms with Crippen LogP contribution >= 0.6 is 21.0 Å². The second-order valence-electron chi connectivity index (χ2n) is 2.08. The van der Waals surface area contributed by atoms with Crippen LogP contribution in [0.25, 0.3) is 0 Å². The highest BCUT2D eigenvalue weighted by Gasteiger charge is 1.98. The molecule has 0 aliphatic rings. The average Bonchev–Trinajstić information content (AvgIpc) is 2.06. The van der Waals surface area contributed by atoms with E-state index < -0.39 is 0 Å². The number of thioether (sulfide) groups is 1. The molecule has 0 aliphatic carbocycles. The van der Waals surface area contributed by atoms with Gasteiger partial charge in [-0.05, 0) is 36.0 Å². The van der Waals surface area contributed by atoms with Crippen LogP contribution in [0, 0.1) is 10.7 Å². The van der Waals surface area contributed by atoms with Gasteiger partial charge in [-0.25, -0.2) is 0 Å². The van der Waals surface area contributed by atoms with Gasteiger partial charge in [0.1, 0.15) is 5.40 Å². The fourth-order valence-corrected chi connectivity index (χ4v) is 1.31. The lowest BCUT2D eigenvalue weighted by atomic mass is 10.2. The first-order valence-corrected chi connectivity index (χ1v) is 4.59. The number of hydrogen-bond donors (Lipinski definition) is 0. The Hall–Kier alpha value is -0.840. The molecule has 1 rings (SSSR count). The third kappa shape index (κ3) is 2.34. The van der Waals surface area contributed by atoms with Crippen molar-refractivity contribution in [3.63, 3.8) is 0 Å². The Bertz CT molecular complexity index is 328. The summed E-state index contributed by atoms with van der Waals surface area (Å²) in [6, 6.07) is 6.92. The molecule has 0 aromatic heterocycles. The summed E-state index contributed by atoms with van der Waals surface area (Å²) in [7, 11) is 2.10. The molecule has 0 saturated carbocycles. The van der Waals surface area contributed by atoms with Crippen molar-refractivity contribution in [3.8, 4) is 5.40 Å². The lowest BCUT2D eigenvalue weighted by Gasteiger charge is -1.95. The van der Waals surface area contributed by atoms with Crippen molar-refractivity contribution >= 4 is 26.5 Å². The number of hydrogen-bond acceptors (Lipinski definition) is 3. The summed E-state index contributed by atoms with van der Waals surface area (Å²) in [5.41, 5.74) is 0.603. The van der Waals surface area contributed by atoms with E-state index in [1.807, 2.05) is 5.40 Å². The van der Waals surface area contributed by atoms with Crippen LogP contribution in [-0.4, -0.2) is 5.52 Å². The van der Waals surface area contributed by atoms with Gasteiger partial charge in [-0.3, -0.25) is 4.79 Å². The van der Waals surface area contributed by atoms with Gasteiger partial charge in [-0.1, -0.05) is 9.24 Å². The molecule has 0 N–H and O–H groups in total. The molecule has 60 valence electrons. The van der Waals surface area contributed by atoms with Crippen LogP contribution in [0.2, 0.25) is 0 Å². The van der Waals surface area contributed by atoms with E-state index in [1.54, 1.807) is 24.3 Å². The van der Waals surface area contributed by atoms with E-state index in [9.17, 15) is 4.79 Å². The van der Waals surface area contributed by atoms with Crippen LogP contribution in [0.4, 0.5) is 0 Å². The maximum Gasteiger partial charge on any atom is 0.178 e. The zero-order valence-electron chi connectivity index (χ0n) is 6.15. The SMILES string of the molecule is N#CSc1ccc(C(=O)P)cc1. The van der Waals surface area contributed by atoms with Gasteiger partial charge in [-0.15, -0.1) is 0 Å². The first-order valence-electron chi connectivity index (χ1n) is 3.20. The fourth-order valence-electron chi connectivity index (χ4n) is 0.740. The topological polar surface area (TPSA) is 40.9 Å². The van der Waals surface area contributed by atoms with Crippen molar-refractivity contribution in [2.24, 2.45) is 0 Å². The number of benzene rings is 1. The minimum absolute atomic E-state index is 0.0384. The second kappa shape index (κ2) is 4.25. The van der Waals surface area contributed by atoms with Crippen LogP contribution in [0.5, 0.6) is 0 Å². The molecule has 4 heteroatoms. The van der Waals surface area contributed by atoms with Crippen LogP contribution in [0.3, 0.4) is 0 Å². The predicted molar refractivity (Wildman–Crippen MR) is 52.0 cm³/mol. The zero-order chi connectivity index (χ0) is 8.97. The van der Waals surface area contributed by atoms with Gasteiger partial charge in [0.2, 0.25) is 0 Å². The molecule has 12 heavy (non-hydrogen) atoms. The van der Waals surface area contributed by atoms with E-state index >= 15 is 0 Å². The maximum atomic E-state index is 10.8. The molecule has 0 amide bonds. The highest BCUT2D eigenvalue weighted by atomic mass is 32.2. The summed E-state index contributed by atoms with van der Waals surface area (Å²) in [6.07, 6.45) is 0. The molecule has 2 nitrogen and oxygen atoms in total. The molecular formula is C8H6NOPS. The molecular weight excluding hydrogens is 189 g/mol. The number of carbonyl (C=O) groups is 1. The van der Waals surface area contributed by atoms with E-state index in [4.69, 9.17) is 5.26 Å². The number of nitriles is 1. The largest absolute Gasteiger partial charge is 0.290 e. The van der Waals surface area contributed by atoms with Gasteiger partial charge in [0, 0.05) is 10.5 Å². The van der Waals surface area contributed by atoms with E-state index in [1.165, 1.54) is 0 Å². The van der Waals surface area contributed by atoms with Gasteiger partial charge < -0.3 is 0 Å². The van der Waals surface area contributed by atoms with Crippen LogP contribution in [-0.2, 0) is 0 Å². The molecule has 0 bridgehead atoms. The first kappa shape index (κ1) is 9.25. The second-order valence-corrected chi connectivity index (χ2v) is 3.46. The molecule has 0 spiro atoms. The number of nitrogens with zero attached hydrogens (tertiary/aromatic N) is 1. The Balaban J connectivity index is 2.87. The number of rotatable bonds is 2. The van der Waals surface area contributed by atoms with Gasteiger partial charge in [0.05, 0.1) is 0 Å². The number of carbonyl (C=O) groups excluding carboxylic acids is 1. The summed E-state index contributed by atoms with van der Waals surface area (Å²) >= 11 is 1.08. The number of thiocyanates is 1. The molecule has 0 aliphatic heterocycles. The van der Waals surface area contributed by atoms with Crippen molar-refractivity contribution in [1.29, 1.82) is 5.26 Å². The smallest absolute Gasteiger partial charge is 0.178 e. The summed E-state index contributed by atoms with van der Waals surface area (Å²) < 4.78 is 0. The van der Waals surface area contributed by atoms with Gasteiger partial charge in [0.25, 0.3) is 0 Å². The van der Waals surface area contributed by atoms with Gasteiger partial charge in [0.15, 0.2) is 5.52 Å². The van der Waals surface area contributed by atoms with E-state index in [0.717, 1.165) is 16.7 Å². The molecule has 1 aromatic rings. The van der Waals surface area contributed by atoms with Crippen molar-refractivity contribution < 1.29 is 4.79 Å². The molecule has 1 atom stereocenters. The third-order valence-corrected chi connectivity index (χ3v) is 2.23. The van der Waals surface area contributed by atoms with Crippen molar-refractivity contribution in [1.82, 2.24) is 0 Å². The summed E-state index contributed by atoms with van der Waals surface area (Å²) in [6.45, 7) is 0. The minimum atomic E-state index is -0.0384. The highest BCUT2D eigenvalue weighted by Crippen LogP contribution is 2.17. The predicted octanol–water partition coefficient (Wildman–Crippen LogP) is 2.28. The maximum absolute atomic E-state index is 10.8. The van der Waals surface area contributed by atoms with Crippen LogP contribution in [0.1, 0.15) is 10.4 Å². The lowest BCUT2D eigenvalue weighted by Crippen LogP contribution is -1.85. The minimum Gasteiger partial charge on any atom is -0.290 e. The molecule has 0 fully saturated rings. The van der Waals surface area contributed by atoms with Crippen LogP contribution in [0.15, 0.2) is 29.2 Å². The van der Waals surface area contributed by atoms with Gasteiger partial charge in [-0.2, -0.15) is 5.26 Å².